The summed E-state index contributed by atoms with van der Waals surface area (Å²) < 4.78 is 5.69. The molecule has 0 spiro atoms. The van der Waals surface area contributed by atoms with Crippen molar-refractivity contribution in [3.8, 4) is 0 Å². The Balaban J connectivity index is 1.51. The van der Waals surface area contributed by atoms with Crippen molar-refractivity contribution in [3.63, 3.8) is 0 Å². The molecular weight excluding hydrogens is 212 g/mol. The summed E-state index contributed by atoms with van der Waals surface area (Å²) >= 11 is 0. The molecule has 1 aromatic rings. The Kier molecular flexibility index (Phi) is 5.46. The molecule has 17 heavy (non-hydrogen) atoms. The number of nitrogens with zero attached hydrogens (tertiary/aromatic N) is 1. The van der Waals surface area contributed by atoms with Crippen LogP contribution in [-0.2, 0) is 11.2 Å². The normalized spacial score (nSPS) is 20.4. The van der Waals surface area contributed by atoms with E-state index in [9.17, 15) is 0 Å². The van der Waals surface area contributed by atoms with Gasteiger partial charge in [0.2, 0.25) is 0 Å². The van der Waals surface area contributed by atoms with Crippen LogP contribution in [-0.4, -0.2) is 30.8 Å². The fraction of sp³-hybridized carbons (Fsp3) is 0.643. The van der Waals surface area contributed by atoms with Gasteiger partial charge in [-0.3, -0.25) is 4.98 Å². The lowest BCUT2D eigenvalue weighted by Gasteiger charge is -2.22. The predicted molar refractivity (Wildman–Crippen MR) is 69.0 cm³/mol. The number of hydrogen-bond donors (Lipinski definition) is 1. The molecule has 0 saturated carbocycles. The molecule has 0 aromatic carbocycles. The standard InChI is InChI=1S/C14H22N2O/c1-3-9-16-13(5-1)7-10-15-11-8-14-6-2-4-12-17-14/h1,3,5,9,14-15H,2,4,6-8,10-12H2. The molecule has 1 saturated heterocycles. The Morgan fingerprint density at radius 3 is 3.06 bits per heavy atom. The number of aromatic nitrogens is 1. The number of hydrogen-bond acceptors (Lipinski definition) is 3. The largest absolute Gasteiger partial charge is 0.378 e. The molecule has 94 valence electrons. The summed E-state index contributed by atoms with van der Waals surface area (Å²) in [6, 6.07) is 6.07. The van der Waals surface area contributed by atoms with Crippen molar-refractivity contribution in [1.29, 1.82) is 0 Å². The second-order valence-corrected chi connectivity index (χ2v) is 4.60. The van der Waals surface area contributed by atoms with Crippen LogP contribution in [0, 0.1) is 0 Å². The van der Waals surface area contributed by atoms with Gasteiger partial charge in [-0.25, -0.2) is 0 Å². The van der Waals surface area contributed by atoms with Gasteiger partial charge in [-0.15, -0.1) is 0 Å². The third kappa shape index (κ3) is 4.84. The minimum absolute atomic E-state index is 0.492. The molecule has 1 aliphatic heterocycles. The Labute approximate surface area is 104 Å². The molecule has 0 amide bonds. The highest BCUT2D eigenvalue weighted by atomic mass is 16.5. The maximum atomic E-state index is 5.69. The number of pyridine rings is 1. The third-order valence-corrected chi connectivity index (χ3v) is 3.20. The lowest BCUT2D eigenvalue weighted by molar-refractivity contribution is 0.0116. The Morgan fingerprint density at radius 1 is 1.29 bits per heavy atom. The van der Waals surface area contributed by atoms with E-state index in [0.717, 1.165) is 38.2 Å². The SMILES string of the molecule is c1ccc(CCNCCC2CCCCO2)nc1. The van der Waals surface area contributed by atoms with Gasteiger partial charge in [0.05, 0.1) is 6.10 Å². The van der Waals surface area contributed by atoms with Crippen molar-refractivity contribution in [2.45, 2.75) is 38.2 Å². The van der Waals surface area contributed by atoms with E-state index in [1.54, 1.807) is 0 Å². The maximum absolute atomic E-state index is 5.69. The zero-order chi connectivity index (χ0) is 11.8. The van der Waals surface area contributed by atoms with Gasteiger partial charge >= 0.3 is 0 Å². The van der Waals surface area contributed by atoms with Crippen LogP contribution in [0.15, 0.2) is 24.4 Å². The van der Waals surface area contributed by atoms with Crippen LogP contribution in [0.4, 0.5) is 0 Å². The number of nitrogens with one attached hydrogen (secondary N) is 1. The second kappa shape index (κ2) is 7.41. The van der Waals surface area contributed by atoms with Crippen molar-refractivity contribution in [2.24, 2.45) is 0 Å². The first-order valence-electron chi connectivity index (χ1n) is 6.67. The molecule has 1 fully saturated rings. The molecule has 1 aromatic heterocycles. The molecule has 0 bridgehead atoms. The van der Waals surface area contributed by atoms with Gasteiger partial charge in [0, 0.05) is 31.5 Å². The zero-order valence-corrected chi connectivity index (χ0v) is 10.4. The molecule has 1 atom stereocenters. The van der Waals surface area contributed by atoms with Gasteiger partial charge in [-0.05, 0) is 44.4 Å². The van der Waals surface area contributed by atoms with Gasteiger partial charge < -0.3 is 10.1 Å². The highest BCUT2D eigenvalue weighted by Crippen LogP contribution is 2.14. The maximum Gasteiger partial charge on any atom is 0.0587 e. The number of ether oxygens (including phenoxy) is 1. The summed E-state index contributed by atoms with van der Waals surface area (Å²) in [6.45, 7) is 3.01. The van der Waals surface area contributed by atoms with Crippen molar-refractivity contribution >= 4 is 0 Å². The Hall–Kier alpha value is -0.930. The fourth-order valence-corrected chi connectivity index (χ4v) is 2.19. The quantitative estimate of drug-likeness (QED) is 0.766. The molecule has 3 heteroatoms. The van der Waals surface area contributed by atoms with Crippen LogP contribution in [0.25, 0.3) is 0 Å². The van der Waals surface area contributed by atoms with Crippen molar-refractivity contribution in [3.05, 3.63) is 30.1 Å². The van der Waals surface area contributed by atoms with Crippen LogP contribution < -0.4 is 5.32 Å². The van der Waals surface area contributed by atoms with E-state index in [1.165, 1.54) is 19.3 Å². The molecule has 3 nitrogen and oxygen atoms in total. The molecular formula is C14H22N2O. The molecule has 2 rings (SSSR count). The lowest BCUT2D eigenvalue weighted by atomic mass is 10.1. The summed E-state index contributed by atoms with van der Waals surface area (Å²) in [7, 11) is 0. The summed E-state index contributed by atoms with van der Waals surface area (Å²) in [4.78, 5) is 4.30. The van der Waals surface area contributed by atoms with Crippen molar-refractivity contribution < 1.29 is 4.74 Å². The van der Waals surface area contributed by atoms with E-state index >= 15 is 0 Å². The highest BCUT2D eigenvalue weighted by Gasteiger charge is 2.12. The zero-order valence-electron chi connectivity index (χ0n) is 10.4. The van der Waals surface area contributed by atoms with Crippen molar-refractivity contribution in [1.82, 2.24) is 10.3 Å². The fourth-order valence-electron chi connectivity index (χ4n) is 2.19. The van der Waals surface area contributed by atoms with Crippen molar-refractivity contribution in [2.75, 3.05) is 19.7 Å². The van der Waals surface area contributed by atoms with Crippen LogP contribution in [0.2, 0.25) is 0 Å². The molecule has 0 aliphatic carbocycles. The Morgan fingerprint density at radius 2 is 2.29 bits per heavy atom. The first kappa shape index (κ1) is 12.5. The highest BCUT2D eigenvalue weighted by molar-refractivity contribution is 5.03. The van der Waals surface area contributed by atoms with E-state index in [4.69, 9.17) is 4.74 Å². The summed E-state index contributed by atoms with van der Waals surface area (Å²) in [5.74, 6) is 0. The van der Waals surface area contributed by atoms with Gasteiger partial charge in [-0.2, -0.15) is 0 Å². The minimum atomic E-state index is 0.492. The first-order valence-corrected chi connectivity index (χ1v) is 6.67. The van der Waals surface area contributed by atoms with Gasteiger partial charge in [0.15, 0.2) is 0 Å². The Bertz CT molecular complexity index is 296. The molecule has 2 heterocycles. The van der Waals surface area contributed by atoms with Gasteiger partial charge in [0.25, 0.3) is 0 Å². The third-order valence-electron chi connectivity index (χ3n) is 3.20. The molecule has 1 N–H and O–H groups in total. The average Bonchev–Trinajstić information content (AvgIpc) is 2.41. The molecule has 1 aliphatic rings. The van der Waals surface area contributed by atoms with Crippen LogP contribution in [0.5, 0.6) is 0 Å². The smallest absolute Gasteiger partial charge is 0.0587 e. The first-order chi connectivity index (χ1) is 8.45. The number of rotatable bonds is 6. The minimum Gasteiger partial charge on any atom is -0.378 e. The lowest BCUT2D eigenvalue weighted by Crippen LogP contribution is -2.26. The van der Waals surface area contributed by atoms with E-state index in [1.807, 2.05) is 18.3 Å². The van der Waals surface area contributed by atoms with Crippen LogP contribution in [0.1, 0.15) is 31.4 Å². The topological polar surface area (TPSA) is 34.1 Å². The van der Waals surface area contributed by atoms with E-state index in [0.29, 0.717) is 6.10 Å². The van der Waals surface area contributed by atoms with E-state index < -0.39 is 0 Å². The summed E-state index contributed by atoms with van der Waals surface area (Å²) in [5.41, 5.74) is 1.16. The van der Waals surface area contributed by atoms with E-state index in [-0.39, 0.29) is 0 Å². The molecule has 0 radical (unpaired) electrons. The monoisotopic (exact) mass is 234 g/mol. The van der Waals surface area contributed by atoms with E-state index in [2.05, 4.69) is 16.4 Å². The summed E-state index contributed by atoms with van der Waals surface area (Å²) in [5, 5.41) is 3.46. The average molecular weight is 234 g/mol. The predicted octanol–water partition coefficient (Wildman–Crippen LogP) is 2.17. The van der Waals surface area contributed by atoms with Gasteiger partial charge in [0.1, 0.15) is 0 Å². The van der Waals surface area contributed by atoms with Crippen LogP contribution in [0.3, 0.4) is 0 Å². The van der Waals surface area contributed by atoms with Crippen LogP contribution >= 0.6 is 0 Å². The van der Waals surface area contributed by atoms with Gasteiger partial charge in [-0.1, -0.05) is 6.07 Å². The summed E-state index contributed by atoms with van der Waals surface area (Å²) in [6.07, 6.45) is 8.30. The second-order valence-electron chi connectivity index (χ2n) is 4.60. The molecule has 1 unspecified atom stereocenters.